The highest BCUT2D eigenvalue weighted by Crippen LogP contribution is 1.98. The summed E-state index contributed by atoms with van der Waals surface area (Å²) in [6, 6.07) is 0. The first-order valence-electron chi connectivity index (χ1n) is 3.69. The average Bonchev–Trinajstić information content (AvgIpc) is 1.89. The van der Waals surface area contributed by atoms with Crippen molar-refractivity contribution in [3.8, 4) is 0 Å². The topological polar surface area (TPSA) is 55.1 Å². The molecule has 0 fully saturated rings. The lowest BCUT2D eigenvalue weighted by Gasteiger charge is -2.07. The zero-order valence-electron chi connectivity index (χ0n) is 6.39. The van der Waals surface area contributed by atoms with Gasteiger partial charge >= 0.3 is 6.41 Å². The van der Waals surface area contributed by atoms with Crippen molar-refractivity contribution in [2.24, 2.45) is 5.73 Å². The molecule has 0 saturated carbocycles. The molecule has 0 aliphatic carbocycles. The maximum absolute atomic E-state index is 9.73. The van der Waals surface area contributed by atoms with Crippen LogP contribution in [0.15, 0.2) is 0 Å². The Balaban J connectivity index is 3.04. The summed E-state index contributed by atoms with van der Waals surface area (Å²) in [5, 5.41) is 2.38. The van der Waals surface area contributed by atoms with Crippen LogP contribution in [0, 0.1) is 0 Å². The van der Waals surface area contributed by atoms with E-state index in [9.17, 15) is 4.79 Å². The first-order valence-corrected chi connectivity index (χ1v) is 3.69. The second-order valence-electron chi connectivity index (χ2n) is 2.35. The molecule has 0 aromatic carbocycles. The van der Waals surface area contributed by atoms with Gasteiger partial charge in [-0.2, -0.15) is 0 Å². The molecule has 0 saturated heterocycles. The molecule has 59 valence electrons. The third-order valence-corrected chi connectivity index (χ3v) is 1.36. The Bertz CT molecular complexity index is 85.7. The smallest absolute Gasteiger partial charge is 0.310 e. The van der Waals surface area contributed by atoms with Gasteiger partial charge in [0, 0.05) is 0 Å². The van der Waals surface area contributed by atoms with E-state index in [4.69, 9.17) is 5.73 Å². The zero-order valence-corrected chi connectivity index (χ0v) is 6.39. The highest BCUT2D eigenvalue weighted by atomic mass is 16.1. The number of nitrogens with two attached hydrogens (primary N) is 1. The van der Waals surface area contributed by atoms with Crippen LogP contribution in [0.25, 0.3) is 0 Å². The molecular formula is C7H15N2O. The maximum Gasteiger partial charge on any atom is 0.310 e. The summed E-state index contributed by atoms with van der Waals surface area (Å²) < 4.78 is 0. The molecule has 3 N–H and O–H groups in total. The third-order valence-electron chi connectivity index (χ3n) is 1.36. The van der Waals surface area contributed by atoms with Crippen LogP contribution in [0.2, 0.25) is 0 Å². The Morgan fingerprint density at radius 1 is 1.60 bits per heavy atom. The van der Waals surface area contributed by atoms with Crippen molar-refractivity contribution < 1.29 is 4.79 Å². The van der Waals surface area contributed by atoms with Crippen molar-refractivity contribution in [2.45, 2.75) is 38.8 Å². The van der Waals surface area contributed by atoms with E-state index >= 15 is 0 Å². The van der Waals surface area contributed by atoms with Crippen molar-refractivity contribution in [2.75, 3.05) is 0 Å². The normalized spacial score (nSPS) is 12.6. The van der Waals surface area contributed by atoms with Crippen molar-refractivity contribution in [3.63, 3.8) is 0 Å². The quantitative estimate of drug-likeness (QED) is 0.323. The molecule has 3 heteroatoms. The third kappa shape index (κ3) is 5.56. The number of rotatable bonds is 6. The minimum Gasteiger partial charge on any atom is -0.333 e. The van der Waals surface area contributed by atoms with E-state index in [1.54, 1.807) is 6.41 Å². The summed E-state index contributed by atoms with van der Waals surface area (Å²) in [7, 11) is 0. The largest absolute Gasteiger partial charge is 0.333 e. The number of hydrogen-bond acceptors (Lipinski definition) is 2. The van der Waals surface area contributed by atoms with Crippen LogP contribution in [0.3, 0.4) is 0 Å². The van der Waals surface area contributed by atoms with Gasteiger partial charge in [-0.05, 0) is 6.42 Å². The van der Waals surface area contributed by atoms with Crippen LogP contribution in [0.1, 0.15) is 32.6 Å². The van der Waals surface area contributed by atoms with Crippen LogP contribution in [-0.2, 0) is 4.79 Å². The number of unbranched alkanes of at least 4 members (excludes halogenated alkanes) is 2. The lowest BCUT2D eigenvalue weighted by Crippen LogP contribution is -2.35. The van der Waals surface area contributed by atoms with Crippen LogP contribution in [-0.4, -0.2) is 12.6 Å². The Morgan fingerprint density at radius 3 is 2.80 bits per heavy atom. The van der Waals surface area contributed by atoms with Gasteiger partial charge in [-0.25, -0.2) is 0 Å². The summed E-state index contributed by atoms with van der Waals surface area (Å²) in [6.45, 7) is 2.13. The number of nitrogens with one attached hydrogen (secondary N) is 1. The van der Waals surface area contributed by atoms with Gasteiger partial charge in [0.15, 0.2) is 0 Å². The number of amides is 1. The van der Waals surface area contributed by atoms with Gasteiger partial charge in [0.05, 0.1) is 6.17 Å². The second kappa shape index (κ2) is 6.55. The van der Waals surface area contributed by atoms with E-state index in [1.165, 1.54) is 12.8 Å². The van der Waals surface area contributed by atoms with Gasteiger partial charge in [-0.3, -0.25) is 4.79 Å². The predicted octanol–water partition coefficient (Wildman–Crippen LogP) is 0.508. The minimum absolute atomic E-state index is 0.205. The van der Waals surface area contributed by atoms with Crippen molar-refractivity contribution in [1.29, 1.82) is 0 Å². The van der Waals surface area contributed by atoms with Gasteiger partial charge in [0.25, 0.3) is 0 Å². The monoisotopic (exact) mass is 143 g/mol. The molecule has 0 aliphatic heterocycles. The number of hydrogen-bond donors (Lipinski definition) is 2. The van der Waals surface area contributed by atoms with E-state index < -0.39 is 0 Å². The fraction of sp³-hybridized carbons (Fsp3) is 0.857. The molecule has 0 aliphatic rings. The van der Waals surface area contributed by atoms with Gasteiger partial charge in [0.1, 0.15) is 0 Å². The first-order chi connectivity index (χ1) is 4.81. The standard InChI is InChI=1S/C7H15N2O/c1-2-3-4-5-7(8)9-6-10/h7H,2-5,8H2,1H3,(H,9,10). The lowest BCUT2D eigenvalue weighted by molar-refractivity contribution is 0.493. The van der Waals surface area contributed by atoms with E-state index in [0.717, 1.165) is 12.8 Å². The van der Waals surface area contributed by atoms with Gasteiger partial charge in [-0.1, -0.05) is 26.2 Å². The SMILES string of the molecule is CCCCCC(N)N[C]=O. The van der Waals surface area contributed by atoms with Crippen molar-refractivity contribution in [3.05, 3.63) is 0 Å². The second-order valence-corrected chi connectivity index (χ2v) is 2.35. The van der Waals surface area contributed by atoms with Crippen LogP contribution >= 0.6 is 0 Å². The van der Waals surface area contributed by atoms with Gasteiger partial charge in [-0.15, -0.1) is 0 Å². The molecule has 1 atom stereocenters. The van der Waals surface area contributed by atoms with Gasteiger partial charge in [0.2, 0.25) is 0 Å². The maximum atomic E-state index is 9.73. The lowest BCUT2D eigenvalue weighted by atomic mass is 10.2. The molecule has 1 radical (unpaired) electrons. The fourth-order valence-electron chi connectivity index (χ4n) is 0.762. The molecule has 0 spiro atoms. The Morgan fingerprint density at radius 2 is 2.30 bits per heavy atom. The summed E-state index contributed by atoms with van der Waals surface area (Å²) >= 11 is 0. The predicted molar refractivity (Wildman–Crippen MR) is 40.9 cm³/mol. The molecule has 10 heavy (non-hydrogen) atoms. The molecule has 0 aromatic rings. The summed E-state index contributed by atoms with van der Waals surface area (Å²) in [6.07, 6.45) is 5.64. The Kier molecular flexibility index (Phi) is 6.18. The van der Waals surface area contributed by atoms with Crippen molar-refractivity contribution >= 4 is 6.41 Å². The van der Waals surface area contributed by atoms with Crippen LogP contribution in [0.4, 0.5) is 0 Å². The molecule has 3 nitrogen and oxygen atoms in total. The van der Waals surface area contributed by atoms with E-state index in [1.807, 2.05) is 0 Å². The van der Waals surface area contributed by atoms with Crippen molar-refractivity contribution in [1.82, 2.24) is 5.32 Å². The molecule has 0 rings (SSSR count). The highest BCUT2D eigenvalue weighted by molar-refractivity contribution is 5.47. The Labute approximate surface area is 62.0 Å². The van der Waals surface area contributed by atoms with E-state index in [2.05, 4.69) is 12.2 Å². The average molecular weight is 143 g/mol. The first kappa shape index (κ1) is 9.43. The summed E-state index contributed by atoms with van der Waals surface area (Å²) in [4.78, 5) is 9.73. The molecule has 0 aromatic heterocycles. The van der Waals surface area contributed by atoms with E-state index in [0.29, 0.717) is 0 Å². The molecule has 0 bridgehead atoms. The molecular weight excluding hydrogens is 128 g/mol. The van der Waals surface area contributed by atoms with Crippen LogP contribution < -0.4 is 11.1 Å². The van der Waals surface area contributed by atoms with E-state index in [-0.39, 0.29) is 6.17 Å². The molecule has 1 unspecified atom stereocenters. The highest BCUT2D eigenvalue weighted by Gasteiger charge is 1.97. The zero-order chi connectivity index (χ0) is 7.82. The minimum atomic E-state index is -0.205. The fourth-order valence-corrected chi connectivity index (χ4v) is 0.762. The molecule has 0 heterocycles. The summed E-state index contributed by atoms with van der Waals surface area (Å²) in [5.74, 6) is 0. The summed E-state index contributed by atoms with van der Waals surface area (Å²) in [5.41, 5.74) is 5.45. The number of carbonyl (C=O) groups excluding carboxylic acids is 1. The van der Waals surface area contributed by atoms with Gasteiger partial charge < -0.3 is 11.1 Å². The molecule has 1 amide bonds. The van der Waals surface area contributed by atoms with Crippen LogP contribution in [0.5, 0.6) is 0 Å². The Hall–Kier alpha value is -0.570.